The third-order valence-corrected chi connectivity index (χ3v) is 3.04. The molecule has 0 spiro atoms. The Kier molecular flexibility index (Phi) is 4.53. The Bertz CT molecular complexity index is 558. The van der Waals surface area contributed by atoms with E-state index in [1.807, 2.05) is 19.1 Å². The third kappa shape index (κ3) is 3.68. The molecule has 0 aliphatic carbocycles. The van der Waals surface area contributed by atoms with Crippen LogP contribution in [-0.2, 0) is 4.74 Å². The fraction of sp³-hybridized carbons (Fsp3) is 0.125. The van der Waals surface area contributed by atoms with Crippen molar-refractivity contribution in [1.82, 2.24) is 0 Å². The van der Waals surface area contributed by atoms with Crippen molar-refractivity contribution in [2.45, 2.75) is 6.92 Å². The van der Waals surface area contributed by atoms with Gasteiger partial charge in [-0.3, -0.25) is 4.79 Å². The SMILES string of the molecule is Cc1ccc(C(=O)OCC(=O)c2ccc(Cl)cc2)cc1. The van der Waals surface area contributed by atoms with Gasteiger partial charge in [-0.25, -0.2) is 4.79 Å². The summed E-state index contributed by atoms with van der Waals surface area (Å²) in [7, 11) is 0. The van der Waals surface area contributed by atoms with Gasteiger partial charge in [0.15, 0.2) is 12.4 Å². The summed E-state index contributed by atoms with van der Waals surface area (Å²) < 4.78 is 4.99. The molecule has 3 nitrogen and oxygen atoms in total. The maximum atomic E-state index is 11.8. The summed E-state index contributed by atoms with van der Waals surface area (Å²) in [4.78, 5) is 23.6. The van der Waals surface area contributed by atoms with Gasteiger partial charge in [0.05, 0.1) is 5.56 Å². The maximum absolute atomic E-state index is 11.8. The molecule has 0 fully saturated rings. The molecule has 0 aliphatic heterocycles. The van der Waals surface area contributed by atoms with Gasteiger partial charge >= 0.3 is 5.97 Å². The first-order valence-electron chi connectivity index (χ1n) is 6.09. The highest BCUT2D eigenvalue weighted by molar-refractivity contribution is 6.30. The number of carbonyl (C=O) groups excluding carboxylic acids is 2. The zero-order valence-corrected chi connectivity index (χ0v) is 11.7. The van der Waals surface area contributed by atoms with Gasteiger partial charge in [-0.15, -0.1) is 0 Å². The zero-order valence-electron chi connectivity index (χ0n) is 10.9. The van der Waals surface area contributed by atoms with E-state index in [4.69, 9.17) is 16.3 Å². The molecule has 0 N–H and O–H groups in total. The van der Waals surface area contributed by atoms with Gasteiger partial charge in [0.1, 0.15) is 0 Å². The molecule has 0 saturated heterocycles. The van der Waals surface area contributed by atoms with Crippen LogP contribution in [0.5, 0.6) is 0 Å². The van der Waals surface area contributed by atoms with Gasteiger partial charge < -0.3 is 4.74 Å². The number of halogens is 1. The molecule has 0 unspecified atom stereocenters. The topological polar surface area (TPSA) is 43.4 Å². The number of benzene rings is 2. The van der Waals surface area contributed by atoms with Gasteiger partial charge in [0.25, 0.3) is 0 Å². The molecule has 0 bridgehead atoms. The first-order chi connectivity index (χ1) is 9.56. The van der Waals surface area contributed by atoms with E-state index >= 15 is 0 Å². The Morgan fingerprint density at radius 1 is 0.950 bits per heavy atom. The molecule has 0 aromatic heterocycles. The van der Waals surface area contributed by atoms with Gasteiger partial charge in [-0.05, 0) is 43.3 Å². The van der Waals surface area contributed by atoms with Gasteiger partial charge in [-0.1, -0.05) is 29.3 Å². The number of esters is 1. The average Bonchev–Trinajstić information content (AvgIpc) is 2.46. The van der Waals surface area contributed by atoms with Gasteiger partial charge in [0.2, 0.25) is 0 Å². The van der Waals surface area contributed by atoms with Crippen LogP contribution < -0.4 is 0 Å². The fourth-order valence-electron chi connectivity index (χ4n) is 1.62. The summed E-state index contributed by atoms with van der Waals surface area (Å²) in [5, 5.41) is 0.554. The average molecular weight is 289 g/mol. The molecule has 0 saturated carbocycles. The van der Waals surface area contributed by atoms with Crippen molar-refractivity contribution < 1.29 is 14.3 Å². The molecule has 0 amide bonds. The minimum absolute atomic E-state index is 0.262. The van der Waals surface area contributed by atoms with Crippen LogP contribution in [0.25, 0.3) is 0 Å². The van der Waals surface area contributed by atoms with Crippen molar-refractivity contribution in [1.29, 1.82) is 0 Å². The summed E-state index contributed by atoms with van der Waals surface area (Å²) >= 11 is 5.74. The number of aryl methyl sites for hydroxylation is 1. The highest BCUT2D eigenvalue weighted by atomic mass is 35.5. The zero-order chi connectivity index (χ0) is 14.5. The van der Waals surface area contributed by atoms with Crippen LogP contribution in [0.2, 0.25) is 5.02 Å². The Morgan fingerprint density at radius 3 is 2.10 bits per heavy atom. The Hall–Kier alpha value is -2.13. The van der Waals surface area contributed by atoms with Crippen LogP contribution in [0, 0.1) is 6.92 Å². The number of ether oxygens (including phenoxy) is 1. The number of Topliss-reactive ketones (excluding diaryl/α,β-unsaturated/α-hetero) is 1. The third-order valence-electron chi connectivity index (χ3n) is 2.79. The first-order valence-corrected chi connectivity index (χ1v) is 6.46. The molecule has 0 heterocycles. The predicted molar refractivity (Wildman–Crippen MR) is 77.2 cm³/mol. The van der Waals surface area contributed by atoms with Crippen LogP contribution in [0.4, 0.5) is 0 Å². The first kappa shape index (κ1) is 14.3. The molecule has 0 atom stereocenters. The Morgan fingerprint density at radius 2 is 1.50 bits per heavy atom. The van der Waals surface area contributed by atoms with Crippen molar-refractivity contribution in [2.75, 3.05) is 6.61 Å². The van der Waals surface area contributed by atoms with Crippen molar-refractivity contribution in [3.05, 3.63) is 70.2 Å². The van der Waals surface area contributed by atoms with Gasteiger partial charge in [0, 0.05) is 10.6 Å². The van der Waals surface area contributed by atoms with E-state index < -0.39 is 5.97 Å². The minimum Gasteiger partial charge on any atom is -0.454 e. The second kappa shape index (κ2) is 6.35. The number of hydrogen-bond donors (Lipinski definition) is 0. The summed E-state index contributed by atoms with van der Waals surface area (Å²) in [6.45, 7) is 1.65. The second-order valence-corrected chi connectivity index (χ2v) is 4.81. The highest BCUT2D eigenvalue weighted by Gasteiger charge is 2.11. The summed E-state index contributed by atoms with van der Waals surface area (Å²) in [6.07, 6.45) is 0. The molecule has 2 aromatic rings. The summed E-state index contributed by atoms with van der Waals surface area (Å²) in [6, 6.07) is 13.4. The maximum Gasteiger partial charge on any atom is 0.338 e. The van der Waals surface area contributed by atoms with Crippen LogP contribution in [0.3, 0.4) is 0 Å². The van der Waals surface area contributed by atoms with Crippen LogP contribution in [0.1, 0.15) is 26.3 Å². The van der Waals surface area contributed by atoms with Crippen LogP contribution in [0.15, 0.2) is 48.5 Å². The lowest BCUT2D eigenvalue weighted by atomic mass is 10.1. The Balaban J connectivity index is 1.94. The predicted octanol–water partition coefficient (Wildman–Crippen LogP) is 3.69. The summed E-state index contributed by atoms with van der Waals surface area (Å²) in [5.74, 6) is -0.769. The molecule has 2 aromatic carbocycles. The smallest absolute Gasteiger partial charge is 0.338 e. The van der Waals surface area contributed by atoms with Crippen molar-refractivity contribution >= 4 is 23.4 Å². The lowest BCUT2D eigenvalue weighted by Crippen LogP contribution is -2.14. The van der Waals surface area contributed by atoms with Gasteiger partial charge in [-0.2, -0.15) is 0 Å². The lowest BCUT2D eigenvalue weighted by Gasteiger charge is -2.05. The lowest BCUT2D eigenvalue weighted by molar-refractivity contribution is 0.0475. The molecular formula is C16H13ClO3. The molecule has 0 aliphatic rings. The standard InChI is InChI=1S/C16H13ClO3/c1-11-2-4-13(5-3-11)16(19)20-10-15(18)12-6-8-14(17)9-7-12/h2-9H,10H2,1H3. The van der Waals surface area contributed by atoms with E-state index in [-0.39, 0.29) is 12.4 Å². The highest BCUT2D eigenvalue weighted by Crippen LogP contribution is 2.11. The van der Waals surface area contributed by atoms with E-state index in [1.54, 1.807) is 36.4 Å². The van der Waals surface area contributed by atoms with Crippen LogP contribution in [-0.4, -0.2) is 18.4 Å². The Labute approximate surface area is 122 Å². The molecule has 4 heteroatoms. The van der Waals surface area contributed by atoms with E-state index in [1.165, 1.54) is 0 Å². The van der Waals surface area contributed by atoms with E-state index in [2.05, 4.69) is 0 Å². The number of ketones is 1. The number of rotatable bonds is 4. The normalized spacial score (nSPS) is 10.1. The van der Waals surface area contributed by atoms with Crippen molar-refractivity contribution in [3.8, 4) is 0 Å². The largest absolute Gasteiger partial charge is 0.454 e. The second-order valence-electron chi connectivity index (χ2n) is 4.37. The number of hydrogen-bond acceptors (Lipinski definition) is 3. The molecular weight excluding hydrogens is 276 g/mol. The van der Waals surface area contributed by atoms with E-state index in [0.717, 1.165) is 5.56 Å². The number of carbonyl (C=O) groups is 2. The van der Waals surface area contributed by atoms with Crippen LogP contribution >= 0.6 is 11.6 Å². The quantitative estimate of drug-likeness (QED) is 0.636. The van der Waals surface area contributed by atoms with Crippen molar-refractivity contribution in [2.24, 2.45) is 0 Å². The van der Waals surface area contributed by atoms with E-state index in [9.17, 15) is 9.59 Å². The minimum atomic E-state index is -0.507. The van der Waals surface area contributed by atoms with E-state index in [0.29, 0.717) is 16.1 Å². The summed E-state index contributed by atoms with van der Waals surface area (Å²) in [5.41, 5.74) is 1.95. The molecule has 0 radical (unpaired) electrons. The molecule has 20 heavy (non-hydrogen) atoms. The molecule has 2 rings (SSSR count). The van der Waals surface area contributed by atoms with Crippen molar-refractivity contribution in [3.63, 3.8) is 0 Å². The molecule has 102 valence electrons. The monoisotopic (exact) mass is 288 g/mol. The fourth-order valence-corrected chi connectivity index (χ4v) is 1.75.